The van der Waals surface area contributed by atoms with Gasteiger partial charge in [0.05, 0.1) is 18.4 Å². The Morgan fingerprint density at radius 2 is 1.55 bits per heavy atom. The van der Waals surface area contributed by atoms with E-state index in [1.54, 1.807) is 59.4 Å². The van der Waals surface area contributed by atoms with Crippen molar-refractivity contribution in [3.05, 3.63) is 76.7 Å². The monoisotopic (exact) mass is 449 g/mol. The number of ether oxygens (including phenoxy) is 2. The van der Waals surface area contributed by atoms with Gasteiger partial charge >= 0.3 is 0 Å². The molecule has 0 aliphatic carbocycles. The average molecular weight is 450 g/mol. The topological polar surface area (TPSA) is 85.1 Å². The lowest BCUT2D eigenvalue weighted by atomic mass is 10.1. The fraction of sp³-hybridized carbons (Fsp3) is 0.320. The van der Waals surface area contributed by atoms with Crippen LogP contribution in [0.15, 0.2) is 53.1 Å². The summed E-state index contributed by atoms with van der Waals surface area (Å²) in [7, 11) is 1.59. The zero-order chi connectivity index (χ0) is 23.4. The molecule has 0 saturated carbocycles. The molecule has 4 rings (SSSR count). The Kier molecular flexibility index (Phi) is 6.63. The van der Waals surface area contributed by atoms with Gasteiger partial charge in [-0.05, 0) is 56.3 Å². The van der Waals surface area contributed by atoms with Crippen LogP contribution in [0, 0.1) is 13.8 Å². The average Bonchev–Trinajstić information content (AvgIpc) is 3.19. The number of nitrogens with zero attached hydrogens (tertiary/aromatic N) is 3. The highest BCUT2D eigenvalue weighted by Crippen LogP contribution is 2.20. The van der Waals surface area contributed by atoms with Crippen LogP contribution in [0.25, 0.3) is 0 Å². The highest BCUT2D eigenvalue weighted by Gasteiger charge is 2.25. The Hall–Kier alpha value is -3.81. The summed E-state index contributed by atoms with van der Waals surface area (Å²) in [6, 6.07) is 14.2. The van der Waals surface area contributed by atoms with Crippen LogP contribution >= 0.6 is 0 Å². The molecule has 1 saturated heterocycles. The lowest BCUT2D eigenvalue weighted by Gasteiger charge is -2.35. The number of carbonyl (C=O) groups excluding carboxylic acids is 2. The third-order valence-electron chi connectivity index (χ3n) is 5.84. The van der Waals surface area contributed by atoms with E-state index in [2.05, 4.69) is 5.16 Å². The minimum absolute atomic E-state index is 0.0422. The van der Waals surface area contributed by atoms with Crippen LogP contribution in [0.5, 0.6) is 11.5 Å². The molecule has 0 bridgehead atoms. The fourth-order valence-electron chi connectivity index (χ4n) is 3.79. The minimum atomic E-state index is -0.0747. The third-order valence-corrected chi connectivity index (χ3v) is 5.84. The summed E-state index contributed by atoms with van der Waals surface area (Å²) in [5, 5.41) is 3.93. The molecule has 2 aromatic carbocycles. The zero-order valence-electron chi connectivity index (χ0n) is 19.0. The van der Waals surface area contributed by atoms with Crippen LogP contribution in [0.1, 0.15) is 37.7 Å². The molecular weight excluding hydrogens is 422 g/mol. The third kappa shape index (κ3) is 5.00. The van der Waals surface area contributed by atoms with Crippen molar-refractivity contribution in [1.29, 1.82) is 0 Å². The van der Waals surface area contributed by atoms with Gasteiger partial charge in [0.1, 0.15) is 23.9 Å². The maximum atomic E-state index is 13.0. The Labute approximate surface area is 192 Å². The molecule has 3 aromatic rings. The first kappa shape index (κ1) is 22.4. The molecule has 2 amide bonds. The van der Waals surface area contributed by atoms with Crippen molar-refractivity contribution >= 4 is 11.8 Å². The molecule has 0 radical (unpaired) electrons. The number of aryl methyl sites for hydroxylation is 2. The summed E-state index contributed by atoms with van der Waals surface area (Å²) in [4.78, 5) is 29.3. The van der Waals surface area contributed by atoms with Crippen molar-refractivity contribution in [2.75, 3.05) is 33.3 Å². The van der Waals surface area contributed by atoms with Gasteiger partial charge in [-0.3, -0.25) is 9.59 Å². The smallest absolute Gasteiger partial charge is 0.254 e. The maximum Gasteiger partial charge on any atom is 0.254 e. The Balaban J connectivity index is 1.34. The number of amides is 2. The summed E-state index contributed by atoms with van der Waals surface area (Å²) < 4.78 is 16.2. The van der Waals surface area contributed by atoms with Crippen LogP contribution in [-0.2, 0) is 6.61 Å². The molecule has 0 N–H and O–H groups in total. The van der Waals surface area contributed by atoms with Crippen LogP contribution in [0.2, 0.25) is 0 Å². The number of methoxy groups -OCH3 is 1. The molecule has 1 aliphatic rings. The number of rotatable bonds is 6. The number of hydrogen-bond donors (Lipinski definition) is 0. The van der Waals surface area contributed by atoms with E-state index in [-0.39, 0.29) is 11.8 Å². The van der Waals surface area contributed by atoms with Crippen molar-refractivity contribution in [2.24, 2.45) is 0 Å². The molecular formula is C25H27N3O5. The highest BCUT2D eigenvalue weighted by molar-refractivity contribution is 5.96. The van der Waals surface area contributed by atoms with Gasteiger partial charge in [0.15, 0.2) is 0 Å². The molecule has 1 aromatic heterocycles. The van der Waals surface area contributed by atoms with Gasteiger partial charge in [-0.2, -0.15) is 0 Å². The van der Waals surface area contributed by atoms with E-state index in [0.29, 0.717) is 55.4 Å². The van der Waals surface area contributed by atoms with E-state index in [0.717, 1.165) is 17.0 Å². The summed E-state index contributed by atoms with van der Waals surface area (Å²) in [6.45, 7) is 5.96. The van der Waals surface area contributed by atoms with E-state index >= 15 is 0 Å². The molecule has 33 heavy (non-hydrogen) atoms. The fourth-order valence-corrected chi connectivity index (χ4v) is 3.79. The molecule has 1 aliphatic heterocycles. The van der Waals surface area contributed by atoms with Gasteiger partial charge in [-0.15, -0.1) is 0 Å². The molecule has 0 atom stereocenters. The van der Waals surface area contributed by atoms with E-state index in [1.165, 1.54) is 0 Å². The van der Waals surface area contributed by atoms with Gasteiger partial charge in [-0.25, -0.2) is 0 Å². The molecule has 0 unspecified atom stereocenters. The predicted octanol–water partition coefficient (Wildman–Crippen LogP) is 3.48. The molecule has 0 spiro atoms. The maximum absolute atomic E-state index is 13.0. The normalized spacial score (nSPS) is 13.7. The number of hydrogen-bond acceptors (Lipinski definition) is 6. The van der Waals surface area contributed by atoms with E-state index in [9.17, 15) is 9.59 Å². The number of benzene rings is 2. The molecule has 8 heteroatoms. The Bertz CT molecular complexity index is 1110. The second-order valence-corrected chi connectivity index (χ2v) is 7.93. The quantitative estimate of drug-likeness (QED) is 0.573. The Morgan fingerprint density at radius 3 is 2.12 bits per heavy atom. The van der Waals surface area contributed by atoms with Crippen molar-refractivity contribution in [3.8, 4) is 11.5 Å². The van der Waals surface area contributed by atoms with Gasteiger partial charge in [0, 0.05) is 37.3 Å². The minimum Gasteiger partial charge on any atom is -0.497 e. The first-order valence-electron chi connectivity index (χ1n) is 10.8. The second-order valence-electron chi connectivity index (χ2n) is 7.93. The van der Waals surface area contributed by atoms with Crippen molar-refractivity contribution in [3.63, 3.8) is 0 Å². The summed E-state index contributed by atoms with van der Waals surface area (Å²) in [6.07, 6.45) is 0. The number of carbonyl (C=O) groups is 2. The summed E-state index contributed by atoms with van der Waals surface area (Å²) in [5.41, 5.74) is 2.87. The molecule has 8 nitrogen and oxygen atoms in total. The number of piperazine rings is 1. The summed E-state index contributed by atoms with van der Waals surface area (Å²) in [5.74, 6) is 1.92. The summed E-state index contributed by atoms with van der Waals surface area (Å²) >= 11 is 0. The van der Waals surface area contributed by atoms with Crippen molar-refractivity contribution < 1.29 is 23.6 Å². The van der Waals surface area contributed by atoms with Crippen LogP contribution in [-0.4, -0.2) is 60.1 Å². The van der Waals surface area contributed by atoms with Gasteiger partial charge in [0.2, 0.25) is 0 Å². The second kappa shape index (κ2) is 9.77. The van der Waals surface area contributed by atoms with Crippen molar-refractivity contribution in [2.45, 2.75) is 20.5 Å². The first-order valence-corrected chi connectivity index (χ1v) is 10.8. The van der Waals surface area contributed by atoms with E-state index in [1.807, 2.05) is 19.9 Å². The molecule has 1 fully saturated rings. The van der Waals surface area contributed by atoms with E-state index in [4.69, 9.17) is 14.0 Å². The standard InChI is InChI=1S/C25H27N3O5/c1-17-23(18(2)33-26-17)16-32-22-6-4-5-20(15-22)25(30)28-13-11-27(12-14-28)24(29)19-7-9-21(31-3)10-8-19/h4-10,15H,11-14,16H2,1-3H3. The van der Waals surface area contributed by atoms with E-state index < -0.39 is 0 Å². The van der Waals surface area contributed by atoms with Crippen LogP contribution in [0.4, 0.5) is 0 Å². The Morgan fingerprint density at radius 1 is 0.909 bits per heavy atom. The van der Waals surface area contributed by atoms with Crippen LogP contribution in [0.3, 0.4) is 0 Å². The lowest BCUT2D eigenvalue weighted by Crippen LogP contribution is -2.50. The highest BCUT2D eigenvalue weighted by atomic mass is 16.5. The van der Waals surface area contributed by atoms with Crippen molar-refractivity contribution in [1.82, 2.24) is 15.0 Å². The SMILES string of the molecule is COc1ccc(C(=O)N2CCN(C(=O)c3cccc(OCc4c(C)noc4C)c3)CC2)cc1. The molecule has 2 heterocycles. The lowest BCUT2D eigenvalue weighted by molar-refractivity contribution is 0.0535. The number of aromatic nitrogens is 1. The largest absolute Gasteiger partial charge is 0.497 e. The van der Waals surface area contributed by atoms with Gasteiger partial charge in [0.25, 0.3) is 11.8 Å². The van der Waals surface area contributed by atoms with Gasteiger partial charge < -0.3 is 23.8 Å². The van der Waals surface area contributed by atoms with Gasteiger partial charge in [-0.1, -0.05) is 11.2 Å². The predicted molar refractivity (Wildman–Crippen MR) is 122 cm³/mol. The molecule has 172 valence electrons. The van der Waals surface area contributed by atoms with Crippen LogP contribution < -0.4 is 9.47 Å². The first-order chi connectivity index (χ1) is 16.0. The zero-order valence-corrected chi connectivity index (χ0v) is 19.0.